The first-order valence-corrected chi connectivity index (χ1v) is 8.21. The standard InChI is InChI=1S/C17H23N3O4/c1-11(20-9-12(2)23-13(3)10-20)8-18-17(21)14-7-16(24-19-14)15-5-4-6-22-15/h4-7,11-13H,8-10H2,1-3H3,(H,18,21)/t11-,12-,13+/m1/s1. The van der Waals surface area contributed by atoms with Gasteiger partial charge in [-0.05, 0) is 32.9 Å². The van der Waals surface area contributed by atoms with Crippen LogP contribution in [0.15, 0.2) is 33.4 Å². The summed E-state index contributed by atoms with van der Waals surface area (Å²) in [5.74, 6) is 0.734. The molecule has 3 atom stereocenters. The molecular weight excluding hydrogens is 310 g/mol. The Labute approximate surface area is 140 Å². The van der Waals surface area contributed by atoms with Crippen LogP contribution in [0.1, 0.15) is 31.3 Å². The van der Waals surface area contributed by atoms with E-state index in [9.17, 15) is 4.79 Å². The lowest BCUT2D eigenvalue weighted by Gasteiger charge is -2.38. The van der Waals surface area contributed by atoms with Crippen molar-refractivity contribution in [2.45, 2.75) is 39.0 Å². The van der Waals surface area contributed by atoms with E-state index in [1.54, 1.807) is 24.5 Å². The zero-order valence-electron chi connectivity index (χ0n) is 14.2. The number of rotatable bonds is 5. The number of hydrogen-bond donors (Lipinski definition) is 1. The van der Waals surface area contributed by atoms with Crippen LogP contribution in [-0.2, 0) is 4.74 Å². The van der Waals surface area contributed by atoms with Crippen molar-refractivity contribution in [2.75, 3.05) is 19.6 Å². The first-order valence-electron chi connectivity index (χ1n) is 8.21. The summed E-state index contributed by atoms with van der Waals surface area (Å²) in [5, 5.41) is 6.72. The lowest BCUT2D eigenvalue weighted by molar-refractivity contribution is -0.0778. The van der Waals surface area contributed by atoms with Gasteiger partial charge in [0.2, 0.25) is 5.76 Å². The normalized spacial score (nSPS) is 23.1. The molecule has 1 aliphatic heterocycles. The van der Waals surface area contributed by atoms with Crippen LogP contribution in [0, 0.1) is 0 Å². The Morgan fingerprint density at radius 3 is 2.79 bits per heavy atom. The minimum absolute atomic E-state index is 0.207. The highest BCUT2D eigenvalue weighted by Gasteiger charge is 2.26. The highest BCUT2D eigenvalue weighted by Crippen LogP contribution is 2.20. The molecule has 0 unspecified atom stereocenters. The average molecular weight is 333 g/mol. The van der Waals surface area contributed by atoms with Gasteiger partial charge in [-0.1, -0.05) is 5.16 Å². The van der Waals surface area contributed by atoms with Crippen LogP contribution < -0.4 is 5.32 Å². The number of nitrogens with zero attached hydrogens (tertiary/aromatic N) is 2. The second-order valence-electron chi connectivity index (χ2n) is 6.32. The molecule has 130 valence electrons. The molecule has 1 saturated heterocycles. The second kappa shape index (κ2) is 7.19. The number of nitrogens with one attached hydrogen (secondary N) is 1. The first kappa shape index (κ1) is 16.7. The Bertz CT molecular complexity index is 657. The molecule has 0 saturated carbocycles. The predicted molar refractivity (Wildman–Crippen MR) is 87.6 cm³/mol. The fourth-order valence-corrected chi connectivity index (χ4v) is 2.95. The zero-order valence-corrected chi connectivity index (χ0v) is 14.2. The Hall–Kier alpha value is -2.12. The first-order chi connectivity index (χ1) is 11.5. The van der Waals surface area contributed by atoms with Crippen LogP contribution in [0.5, 0.6) is 0 Å². The average Bonchev–Trinajstić information content (AvgIpc) is 3.21. The monoisotopic (exact) mass is 333 g/mol. The lowest BCUT2D eigenvalue weighted by Crippen LogP contribution is -2.52. The molecule has 0 bridgehead atoms. The van der Waals surface area contributed by atoms with Gasteiger partial charge in [0.05, 0.1) is 18.5 Å². The van der Waals surface area contributed by atoms with E-state index in [1.807, 2.05) is 0 Å². The van der Waals surface area contributed by atoms with Crippen LogP contribution in [0.4, 0.5) is 0 Å². The molecule has 2 aromatic rings. The van der Waals surface area contributed by atoms with Crippen molar-refractivity contribution < 1.29 is 18.5 Å². The molecule has 7 nitrogen and oxygen atoms in total. The van der Waals surface area contributed by atoms with E-state index in [-0.39, 0.29) is 29.9 Å². The molecule has 7 heteroatoms. The Balaban J connectivity index is 1.53. The van der Waals surface area contributed by atoms with Crippen molar-refractivity contribution in [3.05, 3.63) is 30.2 Å². The maximum absolute atomic E-state index is 12.2. The Morgan fingerprint density at radius 1 is 1.38 bits per heavy atom. The maximum Gasteiger partial charge on any atom is 0.273 e. The summed E-state index contributed by atoms with van der Waals surface area (Å²) >= 11 is 0. The van der Waals surface area contributed by atoms with E-state index < -0.39 is 0 Å². The number of carbonyl (C=O) groups is 1. The van der Waals surface area contributed by atoms with Crippen molar-refractivity contribution in [3.8, 4) is 11.5 Å². The van der Waals surface area contributed by atoms with Crippen LogP contribution >= 0.6 is 0 Å². The minimum Gasteiger partial charge on any atom is -0.461 e. The molecule has 1 N–H and O–H groups in total. The number of carbonyl (C=O) groups excluding carboxylic acids is 1. The third-order valence-corrected chi connectivity index (χ3v) is 4.14. The number of hydrogen-bond acceptors (Lipinski definition) is 6. The van der Waals surface area contributed by atoms with Gasteiger partial charge in [0, 0.05) is 31.7 Å². The molecule has 1 fully saturated rings. The number of ether oxygens (including phenoxy) is 1. The fraction of sp³-hybridized carbons (Fsp3) is 0.529. The molecule has 1 amide bonds. The Morgan fingerprint density at radius 2 is 2.12 bits per heavy atom. The molecule has 0 aliphatic carbocycles. The van der Waals surface area contributed by atoms with Gasteiger partial charge in [-0.2, -0.15) is 0 Å². The second-order valence-corrected chi connectivity index (χ2v) is 6.32. The topological polar surface area (TPSA) is 80.7 Å². The van der Waals surface area contributed by atoms with Gasteiger partial charge in [-0.3, -0.25) is 9.69 Å². The summed E-state index contributed by atoms with van der Waals surface area (Å²) in [4.78, 5) is 14.6. The van der Waals surface area contributed by atoms with Crippen LogP contribution in [0.3, 0.4) is 0 Å². The van der Waals surface area contributed by atoms with E-state index in [2.05, 4.69) is 36.1 Å². The van der Waals surface area contributed by atoms with Gasteiger partial charge in [-0.15, -0.1) is 0 Å². The third-order valence-electron chi connectivity index (χ3n) is 4.14. The van der Waals surface area contributed by atoms with Crippen LogP contribution in [0.2, 0.25) is 0 Å². The summed E-state index contributed by atoms with van der Waals surface area (Å²) in [7, 11) is 0. The molecule has 3 rings (SSSR count). The van der Waals surface area contributed by atoms with Crippen molar-refractivity contribution >= 4 is 5.91 Å². The summed E-state index contributed by atoms with van der Waals surface area (Å²) in [5.41, 5.74) is 0.248. The van der Waals surface area contributed by atoms with Gasteiger partial charge in [0.15, 0.2) is 11.5 Å². The maximum atomic E-state index is 12.2. The molecule has 0 spiro atoms. The highest BCUT2D eigenvalue weighted by atomic mass is 16.5. The van der Waals surface area contributed by atoms with E-state index in [0.717, 1.165) is 13.1 Å². The minimum atomic E-state index is -0.252. The van der Waals surface area contributed by atoms with Crippen molar-refractivity contribution in [1.29, 1.82) is 0 Å². The highest BCUT2D eigenvalue weighted by molar-refractivity contribution is 5.92. The summed E-state index contributed by atoms with van der Waals surface area (Å²) in [6, 6.07) is 5.31. The number of aromatic nitrogens is 1. The SMILES string of the molecule is C[C@@H]1CN([C@H](C)CNC(=O)c2cc(-c3ccco3)on2)C[C@H](C)O1. The van der Waals surface area contributed by atoms with Crippen LogP contribution in [0.25, 0.3) is 11.5 Å². The summed E-state index contributed by atoms with van der Waals surface area (Å²) < 4.78 is 16.1. The molecule has 24 heavy (non-hydrogen) atoms. The largest absolute Gasteiger partial charge is 0.461 e. The molecule has 0 aromatic carbocycles. The number of furan rings is 1. The van der Waals surface area contributed by atoms with Crippen molar-refractivity contribution in [1.82, 2.24) is 15.4 Å². The van der Waals surface area contributed by atoms with E-state index in [1.165, 1.54) is 0 Å². The van der Waals surface area contributed by atoms with Gasteiger partial charge in [0.1, 0.15) is 0 Å². The molecule has 1 aliphatic rings. The smallest absolute Gasteiger partial charge is 0.273 e. The van der Waals surface area contributed by atoms with Gasteiger partial charge >= 0.3 is 0 Å². The lowest BCUT2D eigenvalue weighted by atomic mass is 10.1. The van der Waals surface area contributed by atoms with Crippen LogP contribution in [-0.4, -0.2) is 53.8 Å². The van der Waals surface area contributed by atoms with Gasteiger partial charge in [0.25, 0.3) is 5.91 Å². The van der Waals surface area contributed by atoms with Gasteiger partial charge < -0.3 is 19.0 Å². The zero-order chi connectivity index (χ0) is 17.1. The molecule has 2 aromatic heterocycles. The van der Waals surface area contributed by atoms with E-state index >= 15 is 0 Å². The summed E-state index contributed by atoms with van der Waals surface area (Å²) in [6.07, 6.45) is 1.96. The molecule has 3 heterocycles. The quantitative estimate of drug-likeness (QED) is 0.903. The number of amides is 1. The van der Waals surface area contributed by atoms with Crippen molar-refractivity contribution in [3.63, 3.8) is 0 Å². The van der Waals surface area contributed by atoms with E-state index in [4.69, 9.17) is 13.7 Å². The fourth-order valence-electron chi connectivity index (χ4n) is 2.95. The Kier molecular flexibility index (Phi) is 5.01. The summed E-state index contributed by atoms with van der Waals surface area (Å²) in [6.45, 7) is 8.52. The predicted octanol–water partition coefficient (Wildman–Crippen LogP) is 2.16. The molecule has 0 radical (unpaired) electrons. The van der Waals surface area contributed by atoms with Gasteiger partial charge in [-0.25, -0.2) is 0 Å². The van der Waals surface area contributed by atoms with Crippen molar-refractivity contribution in [2.24, 2.45) is 0 Å². The van der Waals surface area contributed by atoms with E-state index in [0.29, 0.717) is 18.1 Å². The third kappa shape index (κ3) is 3.85. The number of morpholine rings is 1. The molecular formula is C17H23N3O4.